The predicted octanol–water partition coefficient (Wildman–Crippen LogP) is 7.75. The van der Waals surface area contributed by atoms with Crippen molar-refractivity contribution in [1.82, 2.24) is 9.97 Å². The highest BCUT2D eigenvalue weighted by molar-refractivity contribution is 5.55. The third-order valence-electron chi connectivity index (χ3n) is 5.80. The lowest BCUT2D eigenvalue weighted by Gasteiger charge is -2.11. The molecule has 0 amide bonds. The maximum Gasteiger partial charge on any atom is 0.159 e. The molecule has 0 aliphatic rings. The Morgan fingerprint density at radius 1 is 0.788 bits per heavy atom. The SMILES string of the molecule is CCCCCCCCC(F)COc1ccc(-c2ncc(CCOCCCCCC)cn2)cc1. The van der Waals surface area contributed by atoms with E-state index in [2.05, 4.69) is 23.8 Å². The van der Waals surface area contributed by atoms with Gasteiger partial charge in [0, 0.05) is 24.6 Å². The average Bonchev–Trinajstić information content (AvgIpc) is 2.85. The van der Waals surface area contributed by atoms with Crippen molar-refractivity contribution in [3.8, 4) is 17.1 Å². The molecule has 0 saturated heterocycles. The molecule has 0 fully saturated rings. The summed E-state index contributed by atoms with van der Waals surface area (Å²) in [7, 11) is 0. The monoisotopic (exact) mass is 458 g/mol. The van der Waals surface area contributed by atoms with Gasteiger partial charge < -0.3 is 9.47 Å². The van der Waals surface area contributed by atoms with Gasteiger partial charge in [0.2, 0.25) is 0 Å². The summed E-state index contributed by atoms with van der Waals surface area (Å²) >= 11 is 0. The van der Waals surface area contributed by atoms with E-state index in [0.717, 1.165) is 43.4 Å². The molecule has 1 atom stereocenters. The van der Waals surface area contributed by atoms with Crippen molar-refractivity contribution < 1.29 is 13.9 Å². The highest BCUT2D eigenvalue weighted by Gasteiger charge is 2.08. The van der Waals surface area contributed by atoms with Crippen molar-refractivity contribution in [2.75, 3.05) is 19.8 Å². The second-order valence-electron chi connectivity index (χ2n) is 8.83. The summed E-state index contributed by atoms with van der Waals surface area (Å²) in [5, 5.41) is 0. The van der Waals surface area contributed by atoms with Crippen molar-refractivity contribution in [3.05, 3.63) is 42.2 Å². The Morgan fingerprint density at radius 3 is 2.12 bits per heavy atom. The molecule has 1 heterocycles. The van der Waals surface area contributed by atoms with Crippen LogP contribution in [-0.4, -0.2) is 36.0 Å². The molecule has 0 aliphatic heterocycles. The molecule has 0 radical (unpaired) electrons. The number of benzene rings is 1. The van der Waals surface area contributed by atoms with Crippen molar-refractivity contribution in [2.24, 2.45) is 0 Å². The normalized spacial score (nSPS) is 12.1. The summed E-state index contributed by atoms with van der Waals surface area (Å²) in [6.45, 7) is 6.07. The zero-order chi connectivity index (χ0) is 23.6. The van der Waals surface area contributed by atoms with Crippen LogP contribution < -0.4 is 4.74 Å². The lowest BCUT2D eigenvalue weighted by molar-refractivity contribution is 0.133. The Balaban J connectivity index is 1.65. The maximum atomic E-state index is 14.1. The Bertz CT molecular complexity index is 722. The van der Waals surface area contributed by atoms with E-state index in [1.165, 1.54) is 44.9 Å². The van der Waals surface area contributed by atoms with E-state index in [-0.39, 0.29) is 6.61 Å². The number of aromatic nitrogens is 2. The standard InChI is InChI=1S/C28H43FN2O2/c1-3-5-7-9-10-11-13-26(29)23-33-27-16-14-25(15-17-27)28-30-21-24(22-31-28)18-20-32-19-12-8-6-4-2/h14-17,21-22,26H,3-13,18-20,23H2,1-2H3. The summed E-state index contributed by atoms with van der Waals surface area (Å²) in [5.74, 6) is 1.36. The molecule has 1 aromatic heterocycles. The molecule has 1 aromatic carbocycles. The fraction of sp³-hybridized carbons (Fsp3) is 0.643. The highest BCUT2D eigenvalue weighted by atomic mass is 19.1. The maximum absolute atomic E-state index is 14.1. The number of ether oxygens (including phenoxy) is 2. The van der Waals surface area contributed by atoms with Gasteiger partial charge >= 0.3 is 0 Å². The second kappa shape index (κ2) is 17.5. The number of nitrogens with zero attached hydrogens (tertiary/aromatic N) is 2. The van der Waals surface area contributed by atoms with Crippen LogP contribution in [0.5, 0.6) is 5.75 Å². The minimum absolute atomic E-state index is 0.111. The van der Waals surface area contributed by atoms with Crippen molar-refractivity contribution >= 4 is 0 Å². The van der Waals surface area contributed by atoms with Crippen LogP contribution in [0.1, 0.15) is 90.0 Å². The second-order valence-corrected chi connectivity index (χ2v) is 8.83. The molecule has 0 bridgehead atoms. The van der Waals surface area contributed by atoms with E-state index in [1.54, 1.807) is 0 Å². The molecule has 4 nitrogen and oxygen atoms in total. The zero-order valence-corrected chi connectivity index (χ0v) is 20.7. The van der Waals surface area contributed by atoms with Gasteiger partial charge in [-0.15, -0.1) is 0 Å². The molecule has 184 valence electrons. The molecule has 5 heteroatoms. The molecule has 0 aliphatic carbocycles. The van der Waals surface area contributed by atoms with Gasteiger partial charge in [0.25, 0.3) is 0 Å². The lowest BCUT2D eigenvalue weighted by atomic mass is 10.1. The summed E-state index contributed by atoms with van der Waals surface area (Å²) in [6.07, 6.45) is 16.2. The largest absolute Gasteiger partial charge is 0.491 e. The molecular formula is C28H43FN2O2. The molecule has 33 heavy (non-hydrogen) atoms. The van der Waals surface area contributed by atoms with Gasteiger partial charge in [0.15, 0.2) is 5.82 Å². The molecule has 2 rings (SSSR count). The average molecular weight is 459 g/mol. The van der Waals surface area contributed by atoms with Gasteiger partial charge in [-0.05, 0) is 49.1 Å². The molecule has 2 aromatic rings. The van der Waals surface area contributed by atoms with E-state index in [1.807, 2.05) is 36.7 Å². The first kappa shape index (κ1) is 27.2. The van der Waals surface area contributed by atoms with Gasteiger partial charge in [-0.3, -0.25) is 0 Å². The number of unbranched alkanes of at least 4 members (excludes halogenated alkanes) is 8. The first-order valence-corrected chi connectivity index (χ1v) is 13.0. The van der Waals surface area contributed by atoms with Crippen LogP contribution >= 0.6 is 0 Å². The Morgan fingerprint density at radius 2 is 1.42 bits per heavy atom. The van der Waals surface area contributed by atoms with Crippen LogP contribution in [0, 0.1) is 0 Å². The molecule has 0 N–H and O–H groups in total. The van der Waals surface area contributed by atoms with Gasteiger partial charge in [0.05, 0.1) is 6.61 Å². The summed E-state index contributed by atoms with van der Waals surface area (Å²) in [5.41, 5.74) is 2.00. The molecule has 0 spiro atoms. The highest BCUT2D eigenvalue weighted by Crippen LogP contribution is 2.20. The van der Waals surface area contributed by atoms with E-state index in [9.17, 15) is 4.39 Å². The van der Waals surface area contributed by atoms with Crippen LogP contribution in [-0.2, 0) is 11.2 Å². The fourth-order valence-electron chi connectivity index (χ4n) is 3.67. The number of hydrogen-bond acceptors (Lipinski definition) is 4. The Hall–Kier alpha value is -2.01. The predicted molar refractivity (Wildman–Crippen MR) is 135 cm³/mol. The number of rotatable bonds is 19. The van der Waals surface area contributed by atoms with Crippen LogP contribution in [0.15, 0.2) is 36.7 Å². The fourth-order valence-corrected chi connectivity index (χ4v) is 3.67. The smallest absolute Gasteiger partial charge is 0.159 e. The zero-order valence-electron chi connectivity index (χ0n) is 20.7. The number of alkyl halides is 1. The van der Waals surface area contributed by atoms with E-state index < -0.39 is 6.17 Å². The van der Waals surface area contributed by atoms with Crippen LogP contribution in [0.3, 0.4) is 0 Å². The van der Waals surface area contributed by atoms with E-state index in [0.29, 0.717) is 24.6 Å². The van der Waals surface area contributed by atoms with Gasteiger partial charge in [-0.1, -0.05) is 71.6 Å². The van der Waals surface area contributed by atoms with Crippen molar-refractivity contribution in [2.45, 2.75) is 97.1 Å². The number of halogens is 1. The van der Waals surface area contributed by atoms with Gasteiger partial charge in [-0.25, -0.2) is 14.4 Å². The first-order chi connectivity index (χ1) is 16.2. The summed E-state index contributed by atoms with van der Waals surface area (Å²) in [4.78, 5) is 8.97. The molecule has 0 saturated carbocycles. The minimum atomic E-state index is -0.910. The van der Waals surface area contributed by atoms with Crippen LogP contribution in [0.25, 0.3) is 11.4 Å². The van der Waals surface area contributed by atoms with E-state index >= 15 is 0 Å². The van der Waals surface area contributed by atoms with Gasteiger partial charge in [-0.2, -0.15) is 0 Å². The van der Waals surface area contributed by atoms with E-state index in [4.69, 9.17) is 9.47 Å². The quantitative estimate of drug-likeness (QED) is 0.202. The minimum Gasteiger partial charge on any atom is -0.491 e. The van der Waals surface area contributed by atoms with Crippen molar-refractivity contribution in [1.29, 1.82) is 0 Å². The summed E-state index contributed by atoms with van der Waals surface area (Å²) in [6, 6.07) is 7.56. The summed E-state index contributed by atoms with van der Waals surface area (Å²) < 4.78 is 25.4. The third-order valence-corrected chi connectivity index (χ3v) is 5.80. The van der Waals surface area contributed by atoms with Gasteiger partial charge in [0.1, 0.15) is 18.5 Å². The van der Waals surface area contributed by atoms with Crippen LogP contribution in [0.4, 0.5) is 4.39 Å². The molecule has 1 unspecified atom stereocenters. The third kappa shape index (κ3) is 12.1. The Kier molecular flexibility index (Phi) is 14.4. The first-order valence-electron chi connectivity index (χ1n) is 13.0. The topological polar surface area (TPSA) is 44.2 Å². The lowest BCUT2D eigenvalue weighted by Crippen LogP contribution is -2.12. The Labute approximate surface area is 200 Å². The number of hydrogen-bond donors (Lipinski definition) is 0. The van der Waals surface area contributed by atoms with Crippen molar-refractivity contribution in [3.63, 3.8) is 0 Å². The molecular weight excluding hydrogens is 415 g/mol. The van der Waals surface area contributed by atoms with Crippen LogP contribution in [0.2, 0.25) is 0 Å².